The maximum atomic E-state index is 12.9. The minimum Gasteiger partial charge on any atom is -0.379 e. The van der Waals surface area contributed by atoms with Crippen LogP contribution in [0.2, 0.25) is 0 Å². The second-order valence-electron chi connectivity index (χ2n) is 4.61. The Bertz CT molecular complexity index is 624. The van der Waals surface area contributed by atoms with Crippen LogP contribution in [0.5, 0.6) is 0 Å². The van der Waals surface area contributed by atoms with Gasteiger partial charge in [0.15, 0.2) is 0 Å². The quantitative estimate of drug-likeness (QED) is 0.603. The fraction of sp³-hybridized carbons (Fsp3) is 0.200. The summed E-state index contributed by atoms with van der Waals surface area (Å²) in [6, 6.07) is 11.7. The molecule has 0 aliphatic rings. The minimum absolute atomic E-state index is 0.0387. The zero-order valence-electron chi connectivity index (χ0n) is 11.0. The van der Waals surface area contributed by atoms with E-state index in [1.165, 1.54) is 6.07 Å². The molecule has 1 unspecified atom stereocenters. The largest absolute Gasteiger partial charge is 0.417 e. The molecule has 2 rings (SSSR count). The summed E-state index contributed by atoms with van der Waals surface area (Å²) in [4.78, 5) is 0. The third-order valence-electron chi connectivity index (χ3n) is 3.02. The molecule has 0 amide bonds. The molecule has 0 spiro atoms. The number of alkyl halides is 3. The Morgan fingerprint density at radius 2 is 1.62 bits per heavy atom. The molecule has 0 heterocycles. The third-order valence-corrected chi connectivity index (χ3v) is 4.25. The monoisotopic (exact) mass is 421 g/mol. The van der Waals surface area contributed by atoms with Crippen LogP contribution in [0.1, 0.15) is 24.1 Å². The molecule has 1 N–H and O–H groups in total. The summed E-state index contributed by atoms with van der Waals surface area (Å²) in [5, 5.41) is 3.08. The third kappa shape index (κ3) is 4.23. The lowest BCUT2D eigenvalue weighted by atomic mass is 10.1. The summed E-state index contributed by atoms with van der Waals surface area (Å²) in [5.41, 5.74) is 0.742. The molecular weight excluding hydrogens is 411 g/mol. The number of hydrogen-bond donors (Lipinski definition) is 1. The molecule has 1 nitrogen and oxygen atoms in total. The number of benzene rings is 2. The van der Waals surface area contributed by atoms with Gasteiger partial charge in [-0.25, -0.2) is 0 Å². The van der Waals surface area contributed by atoms with Crippen LogP contribution >= 0.6 is 31.9 Å². The Morgan fingerprint density at radius 1 is 1.00 bits per heavy atom. The van der Waals surface area contributed by atoms with E-state index < -0.39 is 11.7 Å². The predicted molar refractivity (Wildman–Crippen MR) is 85.3 cm³/mol. The van der Waals surface area contributed by atoms with Crippen LogP contribution in [0, 0.1) is 0 Å². The fourth-order valence-electron chi connectivity index (χ4n) is 1.92. The zero-order chi connectivity index (χ0) is 15.6. The number of halogens is 5. The van der Waals surface area contributed by atoms with Gasteiger partial charge in [-0.2, -0.15) is 13.2 Å². The van der Waals surface area contributed by atoms with Crippen LogP contribution in [-0.2, 0) is 6.18 Å². The summed E-state index contributed by atoms with van der Waals surface area (Å²) in [6.45, 7) is 1.90. The van der Waals surface area contributed by atoms with Crippen LogP contribution in [0.4, 0.5) is 18.9 Å². The van der Waals surface area contributed by atoms with Gasteiger partial charge in [-0.1, -0.05) is 44.0 Å². The molecule has 2 aromatic rings. The van der Waals surface area contributed by atoms with Crippen molar-refractivity contribution in [2.24, 2.45) is 0 Å². The van der Waals surface area contributed by atoms with E-state index in [0.29, 0.717) is 5.69 Å². The van der Waals surface area contributed by atoms with Gasteiger partial charge in [0.1, 0.15) is 0 Å². The molecular formula is C15H12Br2F3N. The van der Waals surface area contributed by atoms with Crippen molar-refractivity contribution in [2.45, 2.75) is 19.1 Å². The van der Waals surface area contributed by atoms with Crippen molar-refractivity contribution in [3.8, 4) is 0 Å². The van der Waals surface area contributed by atoms with E-state index >= 15 is 0 Å². The summed E-state index contributed by atoms with van der Waals surface area (Å²) in [6.07, 6.45) is -4.38. The van der Waals surface area contributed by atoms with Gasteiger partial charge in [-0.15, -0.1) is 0 Å². The van der Waals surface area contributed by atoms with Gasteiger partial charge < -0.3 is 5.32 Å². The normalized spacial score (nSPS) is 13.0. The summed E-state index contributed by atoms with van der Waals surface area (Å²) in [5.74, 6) is 0. The van der Waals surface area contributed by atoms with Crippen molar-refractivity contribution < 1.29 is 13.2 Å². The molecule has 6 heteroatoms. The highest BCUT2D eigenvalue weighted by Gasteiger charge is 2.33. The number of nitrogens with one attached hydrogen (secondary N) is 1. The highest BCUT2D eigenvalue weighted by atomic mass is 79.9. The molecule has 0 aliphatic heterocycles. The van der Waals surface area contributed by atoms with E-state index in [1.54, 1.807) is 6.07 Å². The SMILES string of the molecule is CC(Nc1ccc(Br)c(C(F)(F)F)c1)c1ccc(Br)cc1. The Kier molecular flexibility index (Phi) is 4.99. The smallest absolute Gasteiger partial charge is 0.379 e. The zero-order valence-corrected chi connectivity index (χ0v) is 14.2. The lowest BCUT2D eigenvalue weighted by Crippen LogP contribution is -2.10. The molecule has 112 valence electrons. The molecule has 21 heavy (non-hydrogen) atoms. The van der Waals surface area contributed by atoms with E-state index in [2.05, 4.69) is 37.2 Å². The molecule has 0 saturated heterocycles. The second kappa shape index (κ2) is 6.40. The molecule has 0 radical (unpaired) electrons. The molecule has 0 aliphatic carbocycles. The van der Waals surface area contributed by atoms with Gasteiger partial charge in [-0.05, 0) is 42.8 Å². The van der Waals surface area contributed by atoms with Gasteiger partial charge in [-0.3, -0.25) is 0 Å². The first-order valence-corrected chi connectivity index (χ1v) is 7.75. The molecule has 0 bridgehead atoms. The molecule has 1 atom stereocenters. The predicted octanol–water partition coefficient (Wildman–Crippen LogP) is 6.40. The molecule has 0 fully saturated rings. The highest BCUT2D eigenvalue weighted by molar-refractivity contribution is 9.10. The first-order valence-electron chi connectivity index (χ1n) is 6.16. The van der Waals surface area contributed by atoms with Crippen molar-refractivity contribution in [3.63, 3.8) is 0 Å². The van der Waals surface area contributed by atoms with Gasteiger partial charge in [0.05, 0.1) is 5.56 Å². The van der Waals surface area contributed by atoms with E-state index in [9.17, 15) is 13.2 Å². The first-order chi connectivity index (χ1) is 9.77. The maximum absolute atomic E-state index is 12.9. The first kappa shape index (κ1) is 16.4. The van der Waals surface area contributed by atoms with Gasteiger partial charge >= 0.3 is 6.18 Å². The molecule has 0 saturated carbocycles. The molecule has 0 aromatic heterocycles. The Hall–Kier alpha value is -1.01. The van der Waals surface area contributed by atoms with E-state index in [1.807, 2.05) is 31.2 Å². The van der Waals surface area contributed by atoms with Crippen LogP contribution in [0.15, 0.2) is 51.4 Å². The van der Waals surface area contributed by atoms with Crippen molar-refractivity contribution >= 4 is 37.5 Å². The van der Waals surface area contributed by atoms with Crippen LogP contribution in [0.25, 0.3) is 0 Å². The van der Waals surface area contributed by atoms with Gasteiger partial charge in [0.2, 0.25) is 0 Å². The Balaban J connectivity index is 2.21. The summed E-state index contributed by atoms with van der Waals surface area (Å²) >= 11 is 6.28. The van der Waals surface area contributed by atoms with Gasteiger partial charge in [0.25, 0.3) is 0 Å². The van der Waals surface area contributed by atoms with Crippen molar-refractivity contribution in [1.29, 1.82) is 0 Å². The fourth-order valence-corrected chi connectivity index (χ4v) is 2.65. The average molecular weight is 423 g/mol. The number of rotatable bonds is 3. The number of hydrogen-bond acceptors (Lipinski definition) is 1. The summed E-state index contributed by atoms with van der Waals surface area (Å²) < 4.78 is 39.6. The van der Waals surface area contributed by atoms with Gasteiger partial charge in [0, 0.05) is 20.7 Å². The molecule has 2 aromatic carbocycles. The van der Waals surface area contributed by atoms with E-state index in [4.69, 9.17) is 0 Å². The highest BCUT2D eigenvalue weighted by Crippen LogP contribution is 2.37. The lowest BCUT2D eigenvalue weighted by Gasteiger charge is -2.18. The second-order valence-corrected chi connectivity index (χ2v) is 6.38. The van der Waals surface area contributed by atoms with Crippen LogP contribution in [-0.4, -0.2) is 0 Å². The topological polar surface area (TPSA) is 12.0 Å². The van der Waals surface area contributed by atoms with E-state index in [-0.39, 0.29) is 10.5 Å². The average Bonchev–Trinajstić information content (AvgIpc) is 2.40. The Morgan fingerprint density at radius 3 is 2.19 bits per heavy atom. The van der Waals surface area contributed by atoms with Crippen molar-refractivity contribution in [2.75, 3.05) is 5.32 Å². The number of anilines is 1. The van der Waals surface area contributed by atoms with Crippen LogP contribution < -0.4 is 5.32 Å². The Labute approximate surface area is 137 Å². The van der Waals surface area contributed by atoms with E-state index in [0.717, 1.165) is 16.1 Å². The van der Waals surface area contributed by atoms with Crippen molar-refractivity contribution in [3.05, 3.63) is 62.5 Å². The maximum Gasteiger partial charge on any atom is 0.417 e. The van der Waals surface area contributed by atoms with Crippen molar-refractivity contribution in [1.82, 2.24) is 0 Å². The summed E-state index contributed by atoms with van der Waals surface area (Å²) in [7, 11) is 0. The lowest BCUT2D eigenvalue weighted by molar-refractivity contribution is -0.138. The standard InChI is InChI=1S/C15H12Br2F3N/c1-9(10-2-4-11(16)5-3-10)21-12-6-7-14(17)13(8-12)15(18,19)20/h2-9,21H,1H3. The minimum atomic E-state index is -4.38. The van der Waals surface area contributed by atoms with Crippen LogP contribution in [0.3, 0.4) is 0 Å².